The summed E-state index contributed by atoms with van der Waals surface area (Å²) in [6.07, 6.45) is 0. The van der Waals surface area contributed by atoms with Crippen LogP contribution in [0.5, 0.6) is 0 Å². The number of carbonyl (C=O) groups is 2. The molecule has 0 fully saturated rings. The van der Waals surface area contributed by atoms with Gasteiger partial charge in [0.2, 0.25) is 0 Å². The summed E-state index contributed by atoms with van der Waals surface area (Å²) in [5.74, 6) is 4.53. The van der Waals surface area contributed by atoms with Crippen LogP contribution in [-0.4, -0.2) is 114 Å². The van der Waals surface area contributed by atoms with E-state index in [-0.39, 0.29) is 23.4 Å². The summed E-state index contributed by atoms with van der Waals surface area (Å²) in [4.78, 5) is 23.3. The highest BCUT2D eigenvalue weighted by Gasteiger charge is 2.06. The van der Waals surface area contributed by atoms with Crippen molar-refractivity contribution in [3.63, 3.8) is 0 Å². The van der Waals surface area contributed by atoms with E-state index in [4.69, 9.17) is 10.2 Å². The minimum atomic E-state index is -0.944. The van der Waals surface area contributed by atoms with Crippen LogP contribution in [0.2, 0.25) is 0 Å². The highest BCUT2D eigenvalue weighted by atomic mass is 32.3. The van der Waals surface area contributed by atoms with Crippen molar-refractivity contribution in [2.75, 3.05) is 84.7 Å². The lowest BCUT2D eigenvalue weighted by Crippen LogP contribution is -2.07. The summed E-state index contributed by atoms with van der Waals surface area (Å²) >= 11 is 12.3. The van der Waals surface area contributed by atoms with E-state index in [1.807, 2.05) is 0 Å². The van der Waals surface area contributed by atoms with Gasteiger partial charge in [0.25, 0.3) is 0 Å². The van der Waals surface area contributed by atoms with Gasteiger partial charge < -0.3 is 10.2 Å². The van der Waals surface area contributed by atoms with E-state index in [1.165, 1.54) is 11.8 Å². The number of aliphatic hydroxyl groups is 2. The summed E-state index contributed by atoms with van der Waals surface area (Å²) in [6.45, 7) is -0.0167. The van der Waals surface area contributed by atoms with Crippen molar-refractivity contribution in [2.24, 2.45) is 0 Å². The summed E-state index contributed by atoms with van der Waals surface area (Å²) in [7, 11) is -1.80. The van der Waals surface area contributed by atoms with Crippen LogP contribution in [-0.2, 0) is 31.2 Å². The fraction of sp³-hybridized carbons (Fsp3) is 0.882. The monoisotopic (exact) mass is 652 g/mol. The molecule has 0 aliphatic carbocycles. The predicted octanol–water partition coefficient (Wildman–Crippen LogP) is 3.17. The zero-order valence-corrected chi connectivity index (χ0v) is 26.4. The minimum Gasteiger partial charge on any atom is -0.396 e. The van der Waals surface area contributed by atoms with Gasteiger partial charge in [0, 0.05) is 76.5 Å². The van der Waals surface area contributed by atoms with Crippen LogP contribution in [0.3, 0.4) is 0 Å². The molecular weight excluding hydrogens is 621 g/mol. The molecule has 0 aromatic carbocycles. The molecule has 33 heavy (non-hydrogen) atoms. The quantitative estimate of drug-likeness (QED) is 0.118. The van der Waals surface area contributed by atoms with Crippen LogP contribution in [0.1, 0.15) is 0 Å². The minimum absolute atomic E-state index is 0.0219. The molecular formula is C17H32O6S10. The molecule has 0 rings (SSSR count). The Balaban J connectivity index is 3.39. The molecule has 0 radical (unpaired) electrons. The maximum Gasteiger partial charge on any atom is 0.199 e. The fourth-order valence-electron chi connectivity index (χ4n) is 1.62. The molecule has 16 heteroatoms. The number of thioether (sulfide) groups is 8. The van der Waals surface area contributed by atoms with Crippen molar-refractivity contribution in [1.82, 2.24) is 0 Å². The Bertz CT molecular complexity index is 554. The zero-order chi connectivity index (χ0) is 24.6. The molecule has 0 bridgehead atoms. The Morgan fingerprint density at radius 2 is 1.15 bits per heavy atom. The molecule has 196 valence electrons. The van der Waals surface area contributed by atoms with Gasteiger partial charge in [0.15, 0.2) is 10.2 Å². The number of aliphatic hydroxyl groups excluding tert-OH is 2. The Morgan fingerprint density at radius 3 is 1.76 bits per heavy atom. The van der Waals surface area contributed by atoms with E-state index >= 15 is 0 Å². The molecule has 0 amide bonds. The van der Waals surface area contributed by atoms with Gasteiger partial charge in [-0.1, -0.05) is 23.5 Å². The predicted molar refractivity (Wildman–Crippen MR) is 164 cm³/mol. The molecule has 0 aromatic heterocycles. The molecule has 0 aliphatic heterocycles. The third-order valence-corrected chi connectivity index (χ3v) is 16.0. The van der Waals surface area contributed by atoms with Gasteiger partial charge in [0.1, 0.15) is 0 Å². The van der Waals surface area contributed by atoms with Crippen molar-refractivity contribution >= 4 is 126 Å². The molecule has 2 N–H and O–H groups in total. The van der Waals surface area contributed by atoms with Gasteiger partial charge in [-0.3, -0.25) is 18.0 Å². The fourth-order valence-corrected chi connectivity index (χ4v) is 13.1. The first-order valence-electron chi connectivity index (χ1n) is 9.69. The smallest absolute Gasteiger partial charge is 0.199 e. The zero-order valence-electron chi connectivity index (χ0n) is 18.2. The second kappa shape index (κ2) is 27.4. The van der Waals surface area contributed by atoms with Gasteiger partial charge >= 0.3 is 0 Å². The average molecular weight is 653 g/mol. The summed E-state index contributed by atoms with van der Waals surface area (Å²) in [5, 5.41) is 21.3. The standard InChI is InChI=1S/C17H32O6S10/c18-1-3-30-16(20)9-26-12-25-5-8-33(23)15-29-13-28-14-31-17(21)10-27-11-24-4-7-32(22)6-2-19/h18-19H,1-15H2. The van der Waals surface area contributed by atoms with E-state index < -0.39 is 21.6 Å². The summed E-state index contributed by atoms with van der Waals surface area (Å²) in [6, 6.07) is 0. The van der Waals surface area contributed by atoms with E-state index in [1.54, 1.807) is 70.6 Å². The van der Waals surface area contributed by atoms with Crippen molar-refractivity contribution in [2.45, 2.75) is 0 Å². The molecule has 0 aliphatic rings. The number of hydrogen-bond acceptors (Lipinski definition) is 14. The van der Waals surface area contributed by atoms with Crippen molar-refractivity contribution in [1.29, 1.82) is 0 Å². The van der Waals surface area contributed by atoms with Crippen LogP contribution in [0.4, 0.5) is 0 Å². The lowest BCUT2D eigenvalue weighted by Gasteiger charge is -2.04. The van der Waals surface area contributed by atoms with Crippen LogP contribution in [0.25, 0.3) is 0 Å². The Morgan fingerprint density at radius 1 is 0.576 bits per heavy atom. The number of rotatable bonds is 24. The van der Waals surface area contributed by atoms with E-state index in [2.05, 4.69) is 0 Å². The highest BCUT2D eigenvalue weighted by Crippen LogP contribution is 2.22. The number of hydrogen-bond donors (Lipinski definition) is 2. The Kier molecular flexibility index (Phi) is 29.4. The van der Waals surface area contributed by atoms with E-state index in [0.29, 0.717) is 44.7 Å². The molecule has 0 saturated heterocycles. The third-order valence-electron chi connectivity index (χ3n) is 3.04. The molecule has 6 nitrogen and oxygen atoms in total. The van der Waals surface area contributed by atoms with Gasteiger partial charge in [-0.05, 0) is 0 Å². The van der Waals surface area contributed by atoms with Crippen LogP contribution in [0.15, 0.2) is 0 Å². The topological polar surface area (TPSA) is 109 Å². The van der Waals surface area contributed by atoms with E-state index in [0.717, 1.165) is 38.5 Å². The van der Waals surface area contributed by atoms with Crippen molar-refractivity contribution in [3.05, 3.63) is 0 Å². The van der Waals surface area contributed by atoms with Gasteiger partial charge in [-0.25, -0.2) is 0 Å². The first-order chi connectivity index (χ1) is 16.0. The normalized spacial score (nSPS) is 13.2. The second-order valence-corrected chi connectivity index (χ2v) is 19.1. The van der Waals surface area contributed by atoms with Crippen LogP contribution in [0, 0.1) is 0 Å². The lowest BCUT2D eigenvalue weighted by atomic mass is 10.9. The van der Waals surface area contributed by atoms with Gasteiger partial charge in [0.05, 0.1) is 29.8 Å². The number of carbonyl (C=O) groups excluding carboxylic acids is 2. The van der Waals surface area contributed by atoms with Gasteiger partial charge in [-0.2, -0.15) is 23.5 Å². The molecule has 0 saturated carbocycles. The lowest BCUT2D eigenvalue weighted by molar-refractivity contribution is -0.109. The molecule has 0 spiro atoms. The average Bonchev–Trinajstić information content (AvgIpc) is 2.79. The maximum atomic E-state index is 12.0. The Hall–Kier alpha value is 2.36. The van der Waals surface area contributed by atoms with Gasteiger partial charge in [-0.15, -0.1) is 47.0 Å². The highest BCUT2D eigenvalue weighted by molar-refractivity contribution is 8.29. The SMILES string of the molecule is O=C(CSCSCCS(=O)CSCSCSC(=O)CSCSCCS(=O)CCO)SCCO. The first-order valence-corrected chi connectivity index (χ1v) is 21.6. The van der Waals surface area contributed by atoms with Crippen molar-refractivity contribution < 1.29 is 28.2 Å². The second-order valence-electron chi connectivity index (χ2n) is 5.69. The molecule has 2 unspecified atom stereocenters. The summed E-state index contributed by atoms with van der Waals surface area (Å²) < 4.78 is 23.4. The largest absolute Gasteiger partial charge is 0.396 e. The van der Waals surface area contributed by atoms with Crippen LogP contribution >= 0.6 is 94.1 Å². The Labute approximate surface area is 236 Å². The third kappa shape index (κ3) is 27.2. The molecule has 2 atom stereocenters. The summed E-state index contributed by atoms with van der Waals surface area (Å²) in [5.41, 5.74) is 0. The maximum absolute atomic E-state index is 12.0. The molecule has 0 heterocycles. The first kappa shape index (κ1) is 35.4. The molecule has 0 aromatic rings. The van der Waals surface area contributed by atoms with Crippen molar-refractivity contribution in [3.8, 4) is 0 Å². The van der Waals surface area contributed by atoms with Crippen LogP contribution < -0.4 is 0 Å². The van der Waals surface area contributed by atoms with E-state index in [9.17, 15) is 18.0 Å².